The topological polar surface area (TPSA) is 9.23 Å². The minimum Gasteiger partial charge on any atom is -0.489 e. The van der Waals surface area contributed by atoms with Crippen molar-refractivity contribution < 1.29 is 6.16 Å². The van der Waals surface area contributed by atoms with Gasteiger partial charge >= 0.3 is 0 Å². The van der Waals surface area contributed by atoms with Crippen molar-refractivity contribution in [1.82, 2.24) is 0 Å². The SMILES string of the molecule is C=C(C)COc1ccc(CCC)cc1.[HH]. The van der Waals surface area contributed by atoms with Crippen LogP contribution in [0.1, 0.15) is 27.3 Å². The van der Waals surface area contributed by atoms with Gasteiger partial charge in [-0.3, -0.25) is 0 Å². The first-order valence-electron chi connectivity index (χ1n) is 5.08. The molecule has 0 atom stereocenters. The van der Waals surface area contributed by atoms with Gasteiger partial charge in [0.05, 0.1) is 0 Å². The van der Waals surface area contributed by atoms with Crippen LogP contribution in [0.25, 0.3) is 0 Å². The number of aryl methyl sites for hydroxylation is 1. The van der Waals surface area contributed by atoms with Gasteiger partial charge in [-0.1, -0.05) is 32.1 Å². The quantitative estimate of drug-likeness (QED) is 0.644. The molecule has 0 N–H and O–H groups in total. The molecule has 1 aromatic rings. The maximum atomic E-state index is 5.50. The van der Waals surface area contributed by atoms with Gasteiger partial charge in [-0.2, -0.15) is 0 Å². The Bertz CT molecular complexity index is 290. The fourth-order valence-corrected chi connectivity index (χ4v) is 1.25. The second kappa shape index (κ2) is 5.48. The lowest BCUT2D eigenvalue weighted by Crippen LogP contribution is -1.97. The first-order chi connectivity index (χ1) is 6.72. The molecule has 1 nitrogen and oxygen atoms in total. The predicted molar refractivity (Wildman–Crippen MR) is 62.9 cm³/mol. The Kier molecular flexibility index (Phi) is 4.24. The average molecular weight is 192 g/mol. The van der Waals surface area contributed by atoms with Gasteiger partial charge in [-0.05, 0) is 36.6 Å². The van der Waals surface area contributed by atoms with Gasteiger partial charge in [0.1, 0.15) is 12.4 Å². The molecule has 0 unspecified atom stereocenters. The lowest BCUT2D eigenvalue weighted by atomic mass is 10.1. The van der Waals surface area contributed by atoms with Crippen molar-refractivity contribution in [3.05, 3.63) is 42.0 Å². The number of benzene rings is 1. The van der Waals surface area contributed by atoms with Crippen LogP contribution in [-0.4, -0.2) is 6.61 Å². The highest BCUT2D eigenvalue weighted by molar-refractivity contribution is 5.27. The lowest BCUT2D eigenvalue weighted by molar-refractivity contribution is 0.352. The number of ether oxygens (including phenoxy) is 1. The Balaban J connectivity index is 0.00000196. The van der Waals surface area contributed by atoms with Crippen LogP contribution in [0.15, 0.2) is 36.4 Å². The zero-order chi connectivity index (χ0) is 10.4. The average Bonchev–Trinajstić information content (AvgIpc) is 2.17. The summed E-state index contributed by atoms with van der Waals surface area (Å²) in [5.74, 6) is 0.924. The Morgan fingerprint density at radius 2 is 2.00 bits per heavy atom. The third-order valence-electron chi connectivity index (χ3n) is 1.95. The summed E-state index contributed by atoms with van der Waals surface area (Å²) >= 11 is 0. The van der Waals surface area contributed by atoms with Gasteiger partial charge in [-0.25, -0.2) is 0 Å². The highest BCUT2D eigenvalue weighted by atomic mass is 16.5. The molecule has 0 heterocycles. The Morgan fingerprint density at radius 1 is 1.36 bits per heavy atom. The molecular formula is C13H20O. The largest absolute Gasteiger partial charge is 0.489 e. The van der Waals surface area contributed by atoms with E-state index >= 15 is 0 Å². The molecule has 0 fully saturated rings. The standard InChI is InChI=1S/C13H18O.H2/c1-4-5-12-6-8-13(9-7-12)14-10-11(2)3;/h6-9H,2,4-5,10H2,1,3H3;1H. The minimum atomic E-state index is 0. The summed E-state index contributed by atoms with van der Waals surface area (Å²) in [6.07, 6.45) is 2.33. The van der Waals surface area contributed by atoms with Crippen LogP contribution in [0.2, 0.25) is 0 Å². The molecule has 0 spiro atoms. The van der Waals surface area contributed by atoms with E-state index < -0.39 is 0 Å². The number of hydrogen-bond donors (Lipinski definition) is 0. The highest BCUT2D eigenvalue weighted by Crippen LogP contribution is 2.13. The van der Waals surface area contributed by atoms with Crippen LogP contribution < -0.4 is 4.74 Å². The normalized spacial score (nSPS) is 9.86. The van der Waals surface area contributed by atoms with E-state index in [1.807, 2.05) is 19.1 Å². The molecule has 1 aromatic carbocycles. The van der Waals surface area contributed by atoms with E-state index in [1.165, 1.54) is 12.0 Å². The van der Waals surface area contributed by atoms with Gasteiger partial charge in [-0.15, -0.1) is 0 Å². The van der Waals surface area contributed by atoms with Crippen LogP contribution >= 0.6 is 0 Å². The monoisotopic (exact) mass is 192 g/mol. The molecule has 0 radical (unpaired) electrons. The van der Waals surface area contributed by atoms with Crippen molar-refractivity contribution in [2.75, 3.05) is 6.61 Å². The van der Waals surface area contributed by atoms with E-state index in [1.54, 1.807) is 0 Å². The van der Waals surface area contributed by atoms with Crippen molar-refractivity contribution >= 4 is 0 Å². The van der Waals surface area contributed by atoms with Crippen molar-refractivity contribution in [2.24, 2.45) is 0 Å². The van der Waals surface area contributed by atoms with Crippen LogP contribution in [0.4, 0.5) is 0 Å². The van der Waals surface area contributed by atoms with Crippen LogP contribution in [-0.2, 0) is 6.42 Å². The Labute approximate surface area is 87.9 Å². The molecule has 1 heteroatoms. The molecule has 0 aliphatic rings. The van der Waals surface area contributed by atoms with E-state index in [0.29, 0.717) is 6.61 Å². The third kappa shape index (κ3) is 3.65. The molecule has 0 amide bonds. The smallest absolute Gasteiger partial charge is 0.119 e. The van der Waals surface area contributed by atoms with Gasteiger partial charge < -0.3 is 4.74 Å². The minimum absolute atomic E-state index is 0. The molecule has 0 aliphatic heterocycles. The summed E-state index contributed by atoms with van der Waals surface area (Å²) in [4.78, 5) is 0. The van der Waals surface area contributed by atoms with Gasteiger partial charge in [0, 0.05) is 1.43 Å². The molecule has 0 saturated carbocycles. The van der Waals surface area contributed by atoms with Crippen molar-refractivity contribution in [3.8, 4) is 5.75 Å². The van der Waals surface area contributed by atoms with Gasteiger partial charge in [0.25, 0.3) is 0 Å². The molecule has 0 aromatic heterocycles. The number of hydrogen-bond acceptors (Lipinski definition) is 1. The van der Waals surface area contributed by atoms with E-state index in [4.69, 9.17) is 4.74 Å². The van der Waals surface area contributed by atoms with Crippen LogP contribution in [0.3, 0.4) is 0 Å². The third-order valence-corrected chi connectivity index (χ3v) is 1.95. The maximum absolute atomic E-state index is 5.50. The van der Waals surface area contributed by atoms with E-state index in [0.717, 1.165) is 17.7 Å². The first kappa shape index (κ1) is 10.8. The van der Waals surface area contributed by atoms with E-state index in [9.17, 15) is 0 Å². The van der Waals surface area contributed by atoms with Crippen molar-refractivity contribution in [3.63, 3.8) is 0 Å². The molecule has 0 saturated heterocycles. The fraction of sp³-hybridized carbons (Fsp3) is 0.385. The van der Waals surface area contributed by atoms with E-state index in [2.05, 4.69) is 25.6 Å². The Hall–Kier alpha value is -1.24. The molecule has 0 aliphatic carbocycles. The summed E-state index contributed by atoms with van der Waals surface area (Å²) < 4.78 is 5.50. The van der Waals surface area contributed by atoms with Crippen LogP contribution in [0, 0.1) is 0 Å². The molecule has 0 bridgehead atoms. The molecule has 1 rings (SSSR count). The fourth-order valence-electron chi connectivity index (χ4n) is 1.25. The van der Waals surface area contributed by atoms with Crippen molar-refractivity contribution in [1.29, 1.82) is 0 Å². The van der Waals surface area contributed by atoms with Gasteiger partial charge in [0.2, 0.25) is 0 Å². The Morgan fingerprint density at radius 3 is 2.50 bits per heavy atom. The predicted octanol–water partition coefficient (Wildman–Crippen LogP) is 3.84. The lowest BCUT2D eigenvalue weighted by Gasteiger charge is -2.06. The summed E-state index contributed by atoms with van der Waals surface area (Å²) in [5, 5.41) is 0. The first-order valence-corrected chi connectivity index (χ1v) is 5.08. The molecule has 78 valence electrons. The highest BCUT2D eigenvalue weighted by Gasteiger charge is 1.94. The zero-order valence-electron chi connectivity index (χ0n) is 9.05. The zero-order valence-corrected chi connectivity index (χ0v) is 9.05. The summed E-state index contributed by atoms with van der Waals surface area (Å²) in [7, 11) is 0. The van der Waals surface area contributed by atoms with Crippen molar-refractivity contribution in [2.45, 2.75) is 26.7 Å². The molecule has 14 heavy (non-hydrogen) atoms. The maximum Gasteiger partial charge on any atom is 0.119 e. The summed E-state index contributed by atoms with van der Waals surface area (Å²) in [5.41, 5.74) is 2.41. The van der Waals surface area contributed by atoms with Crippen LogP contribution in [0.5, 0.6) is 5.75 Å². The molecular weight excluding hydrogens is 172 g/mol. The summed E-state index contributed by atoms with van der Waals surface area (Å²) in [6, 6.07) is 8.29. The second-order valence-electron chi connectivity index (χ2n) is 3.64. The summed E-state index contributed by atoms with van der Waals surface area (Å²) in [6.45, 7) is 8.55. The second-order valence-corrected chi connectivity index (χ2v) is 3.64. The number of rotatable bonds is 5. The van der Waals surface area contributed by atoms with Gasteiger partial charge in [0.15, 0.2) is 0 Å². The van der Waals surface area contributed by atoms with E-state index in [-0.39, 0.29) is 1.43 Å².